The molecule has 2 saturated heterocycles. The predicted molar refractivity (Wildman–Crippen MR) is 133 cm³/mol. The van der Waals surface area contributed by atoms with Gasteiger partial charge in [-0.3, -0.25) is 4.99 Å². The molecule has 4 rings (SSSR count). The quantitative estimate of drug-likeness (QED) is 0.362. The van der Waals surface area contributed by atoms with E-state index in [-0.39, 0.29) is 42.0 Å². The first kappa shape index (κ1) is 23.7. The number of anilines is 1. The molecule has 168 valence electrons. The van der Waals surface area contributed by atoms with Crippen molar-refractivity contribution in [2.24, 2.45) is 4.99 Å². The van der Waals surface area contributed by atoms with Gasteiger partial charge in [-0.15, -0.1) is 24.0 Å². The average Bonchev–Trinajstić information content (AvgIpc) is 3.30. The van der Waals surface area contributed by atoms with Crippen molar-refractivity contribution in [2.75, 3.05) is 38.1 Å². The minimum absolute atomic E-state index is 0. The number of rotatable bonds is 4. The van der Waals surface area contributed by atoms with E-state index in [2.05, 4.69) is 38.1 Å². The van der Waals surface area contributed by atoms with E-state index >= 15 is 0 Å². The standard InChI is InChI=1S/C23H30FN5O.HI/c1-17-15-29(16-21(30-17)19-5-7-20(24)8-6-19)23(25-2)27-14-18-9-10-26-22(13-18)28-11-3-4-12-28;/h5-10,13,17,21H,3-4,11-12,14-16H2,1-2H3,(H,25,27);1H. The van der Waals surface area contributed by atoms with Crippen LogP contribution in [0.15, 0.2) is 47.6 Å². The van der Waals surface area contributed by atoms with Gasteiger partial charge < -0.3 is 19.9 Å². The van der Waals surface area contributed by atoms with Crippen molar-refractivity contribution in [2.45, 2.75) is 38.5 Å². The van der Waals surface area contributed by atoms with Gasteiger partial charge in [0.2, 0.25) is 0 Å². The fraction of sp³-hybridized carbons (Fsp3) is 0.478. The molecule has 1 aromatic heterocycles. The number of aromatic nitrogens is 1. The summed E-state index contributed by atoms with van der Waals surface area (Å²) in [7, 11) is 1.80. The zero-order valence-corrected chi connectivity index (χ0v) is 20.5. The number of hydrogen-bond acceptors (Lipinski definition) is 4. The number of nitrogens with zero attached hydrogens (tertiary/aromatic N) is 4. The Hall–Kier alpha value is -1.94. The highest BCUT2D eigenvalue weighted by Gasteiger charge is 2.28. The Balaban J connectivity index is 0.00000272. The molecule has 2 atom stereocenters. The Bertz CT molecular complexity index is 873. The lowest BCUT2D eigenvalue weighted by atomic mass is 10.1. The van der Waals surface area contributed by atoms with E-state index in [4.69, 9.17) is 4.74 Å². The summed E-state index contributed by atoms with van der Waals surface area (Å²) in [5.74, 6) is 1.66. The summed E-state index contributed by atoms with van der Waals surface area (Å²) < 4.78 is 19.4. The molecule has 0 amide bonds. The van der Waals surface area contributed by atoms with Crippen LogP contribution in [0, 0.1) is 5.82 Å². The SMILES string of the molecule is CN=C(NCc1ccnc(N2CCCC2)c1)N1CC(C)OC(c2ccc(F)cc2)C1.I. The Kier molecular flexibility index (Phi) is 8.48. The molecule has 1 aromatic carbocycles. The fourth-order valence-electron chi connectivity index (χ4n) is 4.19. The van der Waals surface area contributed by atoms with Gasteiger partial charge in [-0.2, -0.15) is 0 Å². The van der Waals surface area contributed by atoms with Crippen LogP contribution in [0.5, 0.6) is 0 Å². The Morgan fingerprint density at radius 3 is 2.65 bits per heavy atom. The number of ether oxygens (including phenoxy) is 1. The lowest BCUT2D eigenvalue weighted by Crippen LogP contribution is -2.50. The van der Waals surface area contributed by atoms with Crippen molar-refractivity contribution in [3.05, 3.63) is 59.5 Å². The summed E-state index contributed by atoms with van der Waals surface area (Å²) in [6, 6.07) is 10.8. The molecular formula is C23H31FIN5O. The first-order valence-corrected chi connectivity index (χ1v) is 10.7. The van der Waals surface area contributed by atoms with Gasteiger partial charge in [0, 0.05) is 39.4 Å². The first-order chi connectivity index (χ1) is 14.6. The lowest BCUT2D eigenvalue weighted by Gasteiger charge is -2.38. The molecule has 2 unspecified atom stereocenters. The Labute approximate surface area is 200 Å². The number of guanidine groups is 1. The van der Waals surface area contributed by atoms with E-state index in [1.807, 2.05) is 12.3 Å². The van der Waals surface area contributed by atoms with Crippen molar-refractivity contribution in [3.8, 4) is 0 Å². The molecule has 0 radical (unpaired) electrons. The van der Waals surface area contributed by atoms with Gasteiger partial charge in [-0.1, -0.05) is 12.1 Å². The molecule has 0 spiro atoms. The van der Waals surface area contributed by atoms with Gasteiger partial charge in [0.1, 0.15) is 17.7 Å². The normalized spacial score (nSPS) is 21.7. The van der Waals surface area contributed by atoms with Crippen molar-refractivity contribution in [1.29, 1.82) is 0 Å². The van der Waals surface area contributed by atoms with E-state index in [0.29, 0.717) is 13.1 Å². The number of benzene rings is 1. The number of nitrogens with one attached hydrogen (secondary N) is 1. The van der Waals surface area contributed by atoms with E-state index in [9.17, 15) is 4.39 Å². The summed E-state index contributed by atoms with van der Waals surface area (Å²) in [6.45, 7) is 6.34. The number of pyridine rings is 1. The molecule has 8 heteroatoms. The molecule has 31 heavy (non-hydrogen) atoms. The van der Waals surface area contributed by atoms with Crippen molar-refractivity contribution in [3.63, 3.8) is 0 Å². The summed E-state index contributed by atoms with van der Waals surface area (Å²) in [4.78, 5) is 13.6. The maximum absolute atomic E-state index is 13.3. The van der Waals surface area contributed by atoms with Gasteiger partial charge in [0.25, 0.3) is 0 Å². The third-order valence-corrected chi connectivity index (χ3v) is 5.70. The van der Waals surface area contributed by atoms with E-state index in [0.717, 1.165) is 37.0 Å². The monoisotopic (exact) mass is 539 g/mol. The van der Waals surface area contributed by atoms with Gasteiger partial charge in [0.05, 0.1) is 12.6 Å². The predicted octanol–water partition coefficient (Wildman–Crippen LogP) is 3.98. The van der Waals surface area contributed by atoms with Crippen LogP contribution in [0.2, 0.25) is 0 Å². The summed E-state index contributed by atoms with van der Waals surface area (Å²) in [5.41, 5.74) is 2.16. The third-order valence-electron chi connectivity index (χ3n) is 5.70. The number of morpholine rings is 1. The minimum Gasteiger partial charge on any atom is -0.367 e. The average molecular weight is 539 g/mol. The Morgan fingerprint density at radius 1 is 1.19 bits per heavy atom. The molecule has 2 aliphatic rings. The summed E-state index contributed by atoms with van der Waals surface area (Å²) in [5, 5.41) is 3.49. The van der Waals surface area contributed by atoms with Crippen LogP contribution >= 0.6 is 24.0 Å². The molecule has 2 aromatic rings. The molecule has 6 nitrogen and oxygen atoms in total. The van der Waals surface area contributed by atoms with Crippen LogP contribution in [0.25, 0.3) is 0 Å². The van der Waals surface area contributed by atoms with Crippen LogP contribution in [0.4, 0.5) is 10.2 Å². The van der Waals surface area contributed by atoms with E-state index in [1.54, 1.807) is 19.2 Å². The minimum atomic E-state index is -0.234. The van der Waals surface area contributed by atoms with Gasteiger partial charge in [-0.25, -0.2) is 9.37 Å². The van der Waals surface area contributed by atoms with Gasteiger partial charge in [-0.05, 0) is 55.2 Å². The highest BCUT2D eigenvalue weighted by Crippen LogP contribution is 2.25. The van der Waals surface area contributed by atoms with Crippen molar-refractivity contribution in [1.82, 2.24) is 15.2 Å². The maximum atomic E-state index is 13.3. The zero-order chi connectivity index (χ0) is 20.9. The second-order valence-electron chi connectivity index (χ2n) is 8.01. The zero-order valence-electron chi connectivity index (χ0n) is 18.1. The second kappa shape index (κ2) is 11.1. The molecule has 2 fully saturated rings. The van der Waals surface area contributed by atoms with Crippen molar-refractivity contribution >= 4 is 35.8 Å². The molecule has 3 heterocycles. The third kappa shape index (κ3) is 6.06. The highest BCUT2D eigenvalue weighted by atomic mass is 127. The highest BCUT2D eigenvalue weighted by molar-refractivity contribution is 14.0. The molecule has 1 N–H and O–H groups in total. The van der Waals surface area contributed by atoms with Gasteiger partial charge >= 0.3 is 0 Å². The van der Waals surface area contributed by atoms with E-state index in [1.165, 1.54) is 30.5 Å². The number of aliphatic imine (C=N–C) groups is 1. The van der Waals surface area contributed by atoms with Crippen LogP contribution in [-0.4, -0.2) is 55.2 Å². The molecule has 2 aliphatic heterocycles. The molecular weight excluding hydrogens is 508 g/mol. The fourth-order valence-corrected chi connectivity index (χ4v) is 4.19. The van der Waals surface area contributed by atoms with Crippen molar-refractivity contribution < 1.29 is 9.13 Å². The number of hydrogen-bond donors (Lipinski definition) is 1. The van der Waals surface area contributed by atoms with Crippen LogP contribution in [-0.2, 0) is 11.3 Å². The summed E-state index contributed by atoms with van der Waals surface area (Å²) >= 11 is 0. The summed E-state index contributed by atoms with van der Waals surface area (Å²) in [6.07, 6.45) is 4.29. The van der Waals surface area contributed by atoms with Gasteiger partial charge in [0.15, 0.2) is 5.96 Å². The molecule has 0 aliphatic carbocycles. The molecule has 0 saturated carbocycles. The maximum Gasteiger partial charge on any atom is 0.194 e. The second-order valence-corrected chi connectivity index (χ2v) is 8.01. The van der Waals surface area contributed by atoms with Crippen LogP contribution in [0.3, 0.4) is 0 Å². The smallest absolute Gasteiger partial charge is 0.194 e. The topological polar surface area (TPSA) is 53.0 Å². The Morgan fingerprint density at radius 2 is 1.94 bits per heavy atom. The van der Waals surface area contributed by atoms with Crippen LogP contribution < -0.4 is 10.2 Å². The lowest BCUT2D eigenvalue weighted by molar-refractivity contribution is -0.0605. The largest absolute Gasteiger partial charge is 0.367 e. The molecule has 0 bridgehead atoms. The van der Waals surface area contributed by atoms with Crippen LogP contribution in [0.1, 0.15) is 37.0 Å². The first-order valence-electron chi connectivity index (χ1n) is 10.7. The van der Waals surface area contributed by atoms with E-state index < -0.39 is 0 Å². The number of halogens is 2.